The van der Waals surface area contributed by atoms with Gasteiger partial charge in [0.2, 0.25) is 0 Å². The topological polar surface area (TPSA) is 15.3 Å². The molecule has 0 aromatic rings. The fourth-order valence-electron chi connectivity index (χ4n) is 1.81. The molecule has 1 N–H and O–H groups in total. The van der Waals surface area contributed by atoms with Crippen molar-refractivity contribution in [3.63, 3.8) is 0 Å². The highest BCUT2D eigenvalue weighted by molar-refractivity contribution is 5.02. The predicted molar refractivity (Wildman–Crippen MR) is 61.2 cm³/mol. The van der Waals surface area contributed by atoms with E-state index in [1.54, 1.807) is 0 Å². The molecular formula is C12H22N2. The van der Waals surface area contributed by atoms with Gasteiger partial charge in [0.05, 0.1) is 6.54 Å². The normalized spacial score (nSPS) is 33.6. The van der Waals surface area contributed by atoms with E-state index >= 15 is 0 Å². The summed E-state index contributed by atoms with van der Waals surface area (Å²) in [6.45, 7) is 11.8. The quantitative estimate of drug-likeness (QED) is 0.670. The molecular weight excluding hydrogens is 172 g/mol. The minimum Gasteiger partial charge on any atom is -0.309 e. The summed E-state index contributed by atoms with van der Waals surface area (Å²) in [6, 6.07) is 0.607. The first-order chi connectivity index (χ1) is 6.61. The molecule has 0 saturated carbocycles. The SMILES string of the molecule is CC#CCN1CC(C)(CC)NCC1C. The van der Waals surface area contributed by atoms with Crippen LogP contribution >= 0.6 is 0 Å². The smallest absolute Gasteiger partial charge is 0.0604 e. The number of nitrogens with zero attached hydrogens (tertiary/aromatic N) is 1. The second kappa shape index (κ2) is 4.82. The summed E-state index contributed by atoms with van der Waals surface area (Å²) in [7, 11) is 0. The summed E-state index contributed by atoms with van der Waals surface area (Å²) in [5.41, 5.74) is 0.280. The van der Waals surface area contributed by atoms with Crippen molar-refractivity contribution < 1.29 is 0 Å². The Hall–Kier alpha value is -0.520. The van der Waals surface area contributed by atoms with E-state index in [1.807, 2.05) is 6.92 Å². The van der Waals surface area contributed by atoms with Crippen LogP contribution in [0.3, 0.4) is 0 Å². The average Bonchev–Trinajstić information content (AvgIpc) is 2.20. The molecule has 0 spiro atoms. The molecule has 80 valence electrons. The van der Waals surface area contributed by atoms with E-state index in [-0.39, 0.29) is 5.54 Å². The molecule has 2 atom stereocenters. The van der Waals surface area contributed by atoms with Crippen LogP contribution < -0.4 is 5.32 Å². The molecule has 0 aromatic heterocycles. The average molecular weight is 194 g/mol. The van der Waals surface area contributed by atoms with Gasteiger partial charge in [-0.25, -0.2) is 0 Å². The van der Waals surface area contributed by atoms with Crippen LogP contribution in [0.2, 0.25) is 0 Å². The van der Waals surface area contributed by atoms with Gasteiger partial charge in [-0.2, -0.15) is 0 Å². The second-order valence-corrected chi connectivity index (χ2v) is 4.48. The Kier molecular flexibility index (Phi) is 3.97. The first-order valence-electron chi connectivity index (χ1n) is 5.50. The zero-order chi connectivity index (χ0) is 10.6. The van der Waals surface area contributed by atoms with Crippen LogP contribution in [-0.2, 0) is 0 Å². The summed E-state index contributed by atoms with van der Waals surface area (Å²) >= 11 is 0. The molecule has 0 bridgehead atoms. The van der Waals surface area contributed by atoms with Crippen molar-refractivity contribution in [3.05, 3.63) is 0 Å². The molecule has 0 amide bonds. The lowest BCUT2D eigenvalue weighted by Gasteiger charge is -2.44. The van der Waals surface area contributed by atoms with Gasteiger partial charge < -0.3 is 5.32 Å². The monoisotopic (exact) mass is 194 g/mol. The van der Waals surface area contributed by atoms with Gasteiger partial charge in [-0.05, 0) is 27.2 Å². The maximum Gasteiger partial charge on any atom is 0.0604 e. The number of hydrogen-bond donors (Lipinski definition) is 1. The van der Waals surface area contributed by atoms with Gasteiger partial charge in [0, 0.05) is 24.7 Å². The first-order valence-corrected chi connectivity index (χ1v) is 5.50. The van der Waals surface area contributed by atoms with Crippen LogP contribution in [-0.4, -0.2) is 36.1 Å². The van der Waals surface area contributed by atoms with E-state index in [0.29, 0.717) is 6.04 Å². The third-order valence-corrected chi connectivity index (χ3v) is 3.24. The lowest BCUT2D eigenvalue weighted by molar-refractivity contribution is 0.107. The van der Waals surface area contributed by atoms with Crippen LogP contribution in [0, 0.1) is 11.8 Å². The van der Waals surface area contributed by atoms with Crippen molar-refractivity contribution >= 4 is 0 Å². The third-order valence-electron chi connectivity index (χ3n) is 3.24. The zero-order valence-corrected chi connectivity index (χ0v) is 9.85. The summed E-state index contributed by atoms with van der Waals surface area (Å²) in [5, 5.41) is 3.61. The lowest BCUT2D eigenvalue weighted by Crippen LogP contribution is -2.61. The van der Waals surface area contributed by atoms with Crippen LogP contribution in [0.15, 0.2) is 0 Å². The zero-order valence-electron chi connectivity index (χ0n) is 9.85. The summed E-state index contributed by atoms with van der Waals surface area (Å²) in [4.78, 5) is 2.47. The van der Waals surface area contributed by atoms with E-state index in [9.17, 15) is 0 Å². The molecule has 0 aromatic carbocycles. The number of rotatable bonds is 2. The Morgan fingerprint density at radius 3 is 2.86 bits per heavy atom. The second-order valence-electron chi connectivity index (χ2n) is 4.48. The highest BCUT2D eigenvalue weighted by atomic mass is 15.2. The van der Waals surface area contributed by atoms with Crippen molar-refractivity contribution in [1.29, 1.82) is 0 Å². The van der Waals surface area contributed by atoms with Crippen LogP contribution in [0.1, 0.15) is 34.1 Å². The highest BCUT2D eigenvalue weighted by Crippen LogP contribution is 2.17. The van der Waals surface area contributed by atoms with Crippen molar-refractivity contribution in [2.75, 3.05) is 19.6 Å². The Bertz CT molecular complexity index is 238. The van der Waals surface area contributed by atoms with Crippen LogP contribution in [0.4, 0.5) is 0 Å². The van der Waals surface area contributed by atoms with E-state index in [2.05, 4.69) is 42.8 Å². The standard InChI is InChI=1S/C12H22N2/c1-5-7-8-14-10-12(4,6-2)13-9-11(14)3/h11,13H,6,8-10H2,1-4H3. The minimum atomic E-state index is 0.280. The van der Waals surface area contributed by atoms with Crippen molar-refractivity contribution in [1.82, 2.24) is 10.2 Å². The Labute approximate surface area is 88.1 Å². The molecule has 0 radical (unpaired) electrons. The van der Waals surface area contributed by atoms with Crippen molar-refractivity contribution in [2.45, 2.75) is 45.7 Å². The van der Waals surface area contributed by atoms with Crippen LogP contribution in [0.25, 0.3) is 0 Å². The van der Waals surface area contributed by atoms with Gasteiger partial charge in [-0.3, -0.25) is 4.90 Å². The Morgan fingerprint density at radius 1 is 1.57 bits per heavy atom. The number of piperazine rings is 1. The highest BCUT2D eigenvalue weighted by Gasteiger charge is 2.31. The third kappa shape index (κ3) is 2.73. The van der Waals surface area contributed by atoms with Crippen molar-refractivity contribution in [3.8, 4) is 11.8 Å². The van der Waals surface area contributed by atoms with E-state index in [4.69, 9.17) is 0 Å². The van der Waals surface area contributed by atoms with Crippen molar-refractivity contribution in [2.24, 2.45) is 0 Å². The maximum atomic E-state index is 3.61. The largest absolute Gasteiger partial charge is 0.309 e. The van der Waals surface area contributed by atoms with E-state index < -0.39 is 0 Å². The summed E-state index contributed by atoms with van der Waals surface area (Å²) in [6.07, 6.45) is 1.18. The van der Waals surface area contributed by atoms with Gasteiger partial charge in [-0.15, -0.1) is 5.92 Å². The fraction of sp³-hybridized carbons (Fsp3) is 0.833. The molecule has 1 heterocycles. The molecule has 1 saturated heterocycles. The van der Waals surface area contributed by atoms with E-state index in [0.717, 1.165) is 19.6 Å². The van der Waals surface area contributed by atoms with Crippen LogP contribution in [0.5, 0.6) is 0 Å². The molecule has 0 aliphatic carbocycles. The molecule has 2 nitrogen and oxygen atoms in total. The molecule has 14 heavy (non-hydrogen) atoms. The number of hydrogen-bond acceptors (Lipinski definition) is 2. The van der Waals surface area contributed by atoms with Gasteiger partial charge >= 0.3 is 0 Å². The fourth-order valence-corrected chi connectivity index (χ4v) is 1.81. The number of nitrogens with one attached hydrogen (secondary N) is 1. The van der Waals surface area contributed by atoms with Gasteiger partial charge in [0.25, 0.3) is 0 Å². The molecule has 1 aliphatic rings. The summed E-state index contributed by atoms with van der Waals surface area (Å²) < 4.78 is 0. The van der Waals surface area contributed by atoms with Gasteiger partial charge in [0.1, 0.15) is 0 Å². The van der Waals surface area contributed by atoms with Gasteiger partial charge in [0.15, 0.2) is 0 Å². The molecule has 1 fully saturated rings. The predicted octanol–water partition coefficient (Wildman–Crippen LogP) is 1.47. The maximum absolute atomic E-state index is 3.61. The van der Waals surface area contributed by atoms with Gasteiger partial charge in [-0.1, -0.05) is 12.8 Å². The lowest BCUT2D eigenvalue weighted by atomic mass is 9.94. The minimum absolute atomic E-state index is 0.280. The molecule has 1 rings (SSSR count). The summed E-state index contributed by atoms with van der Waals surface area (Å²) in [5.74, 6) is 6.13. The molecule has 1 aliphatic heterocycles. The molecule has 2 heteroatoms. The Balaban J connectivity index is 2.57. The van der Waals surface area contributed by atoms with E-state index in [1.165, 1.54) is 6.42 Å². The Morgan fingerprint density at radius 2 is 2.29 bits per heavy atom. The molecule has 2 unspecified atom stereocenters. The first kappa shape index (κ1) is 11.6.